The molecule has 0 amide bonds. The molecule has 0 bridgehead atoms. The summed E-state index contributed by atoms with van der Waals surface area (Å²) in [6.07, 6.45) is -2.50. The second-order valence-corrected chi connectivity index (χ2v) is 4.04. The Hall–Kier alpha value is -2.03. The van der Waals surface area contributed by atoms with Crippen molar-refractivity contribution in [1.82, 2.24) is 19.9 Å². The highest BCUT2D eigenvalue weighted by Crippen LogP contribution is 2.26. The van der Waals surface area contributed by atoms with E-state index in [1.165, 1.54) is 0 Å². The number of nitrogens with zero attached hydrogens (tertiary/aromatic N) is 4. The van der Waals surface area contributed by atoms with Crippen LogP contribution >= 0.6 is 11.6 Å². The van der Waals surface area contributed by atoms with Gasteiger partial charge in [-0.25, -0.2) is 18.7 Å². The number of hydrogen-bond acceptors (Lipinski definition) is 7. The number of anilines is 3. The number of nitrogens with one attached hydrogen (secondary N) is 3. The largest absolute Gasteiger partial charge is 0.371 e. The zero-order valence-electron chi connectivity index (χ0n) is 10.7. The first-order chi connectivity index (χ1) is 9.55. The normalized spacial score (nSPS) is 10.9. The van der Waals surface area contributed by atoms with Crippen LogP contribution in [-0.4, -0.2) is 47.0 Å². The molecule has 0 aliphatic rings. The molecule has 0 radical (unpaired) electrons. The molecule has 3 N–H and O–H groups in total. The molecule has 2 aromatic rings. The summed E-state index contributed by atoms with van der Waals surface area (Å²) in [5, 5.41) is 8.13. The molecule has 0 aliphatic carbocycles. The Kier molecular flexibility index (Phi) is 4.28. The van der Waals surface area contributed by atoms with Gasteiger partial charge in [-0.3, -0.25) is 0 Å². The van der Waals surface area contributed by atoms with Crippen molar-refractivity contribution in [3.05, 3.63) is 5.28 Å². The van der Waals surface area contributed by atoms with Crippen LogP contribution in [0.1, 0.15) is 0 Å². The van der Waals surface area contributed by atoms with E-state index >= 15 is 0 Å². The molecule has 0 atom stereocenters. The van der Waals surface area contributed by atoms with E-state index in [1.54, 1.807) is 14.1 Å². The van der Waals surface area contributed by atoms with E-state index < -0.39 is 13.0 Å². The molecule has 7 nitrogen and oxygen atoms in total. The lowest BCUT2D eigenvalue weighted by atomic mass is 10.3. The van der Waals surface area contributed by atoms with E-state index in [0.717, 1.165) is 0 Å². The molecule has 20 heavy (non-hydrogen) atoms. The third-order valence-electron chi connectivity index (χ3n) is 2.40. The van der Waals surface area contributed by atoms with Gasteiger partial charge in [-0.05, 0) is 11.6 Å². The van der Waals surface area contributed by atoms with E-state index in [4.69, 9.17) is 11.6 Å². The first-order valence-corrected chi connectivity index (χ1v) is 6.05. The van der Waals surface area contributed by atoms with Gasteiger partial charge in [0.2, 0.25) is 11.2 Å². The summed E-state index contributed by atoms with van der Waals surface area (Å²) >= 11 is 5.81. The van der Waals surface area contributed by atoms with Crippen LogP contribution in [0.5, 0.6) is 0 Å². The Morgan fingerprint density at radius 3 is 2.20 bits per heavy atom. The number of hydrogen-bond donors (Lipinski definition) is 3. The molecule has 2 aromatic heterocycles. The van der Waals surface area contributed by atoms with E-state index in [9.17, 15) is 8.78 Å². The average Bonchev–Trinajstić information content (AvgIpc) is 2.43. The molecule has 0 spiro atoms. The maximum Gasteiger partial charge on any atom is 0.255 e. The Morgan fingerprint density at radius 1 is 1.00 bits per heavy atom. The predicted octanol–water partition coefficient (Wildman–Crippen LogP) is 1.83. The summed E-state index contributed by atoms with van der Waals surface area (Å²) in [5.74, 6) is 0.816. The SMILES string of the molecule is CNc1nc(NCC(F)F)nc2c(NC)nc(Cl)nc12. The van der Waals surface area contributed by atoms with Gasteiger partial charge in [0.25, 0.3) is 6.43 Å². The van der Waals surface area contributed by atoms with Crippen molar-refractivity contribution >= 4 is 40.2 Å². The molecule has 0 unspecified atom stereocenters. The number of rotatable bonds is 5. The average molecular weight is 304 g/mol. The summed E-state index contributed by atoms with van der Waals surface area (Å²) in [5.41, 5.74) is 0.785. The smallest absolute Gasteiger partial charge is 0.255 e. The summed E-state index contributed by atoms with van der Waals surface area (Å²) in [6, 6.07) is 0. The predicted molar refractivity (Wildman–Crippen MR) is 73.7 cm³/mol. The molecule has 2 rings (SSSR count). The lowest BCUT2D eigenvalue weighted by Crippen LogP contribution is -2.14. The number of alkyl halides is 2. The maximum atomic E-state index is 12.2. The minimum absolute atomic E-state index is 0.0373. The number of halogens is 3. The van der Waals surface area contributed by atoms with E-state index in [0.29, 0.717) is 22.7 Å². The van der Waals surface area contributed by atoms with Crippen LogP contribution in [0.4, 0.5) is 26.4 Å². The summed E-state index contributed by atoms with van der Waals surface area (Å²) in [6.45, 7) is -0.544. The zero-order valence-corrected chi connectivity index (χ0v) is 11.5. The van der Waals surface area contributed by atoms with Gasteiger partial charge >= 0.3 is 0 Å². The molecule has 0 fully saturated rings. The van der Waals surface area contributed by atoms with Crippen LogP contribution in [0, 0.1) is 0 Å². The summed E-state index contributed by atoms with van der Waals surface area (Å²) in [4.78, 5) is 16.2. The molecule has 0 aliphatic heterocycles. The van der Waals surface area contributed by atoms with Gasteiger partial charge in [-0.1, -0.05) is 0 Å². The zero-order chi connectivity index (χ0) is 14.7. The quantitative estimate of drug-likeness (QED) is 0.726. The summed E-state index contributed by atoms with van der Waals surface area (Å²) < 4.78 is 24.5. The highest BCUT2D eigenvalue weighted by atomic mass is 35.5. The van der Waals surface area contributed by atoms with Gasteiger partial charge in [0.15, 0.2) is 11.6 Å². The topological polar surface area (TPSA) is 87.7 Å². The fourth-order valence-corrected chi connectivity index (χ4v) is 1.75. The Morgan fingerprint density at radius 2 is 1.60 bits per heavy atom. The Labute approximate surface area is 118 Å². The van der Waals surface area contributed by atoms with Gasteiger partial charge in [-0.15, -0.1) is 0 Å². The van der Waals surface area contributed by atoms with Gasteiger partial charge in [0.1, 0.15) is 11.0 Å². The second kappa shape index (κ2) is 5.95. The van der Waals surface area contributed by atoms with Crippen LogP contribution in [0.3, 0.4) is 0 Å². The third kappa shape index (κ3) is 2.93. The molecule has 0 saturated carbocycles. The highest BCUT2D eigenvalue weighted by Gasteiger charge is 2.14. The second-order valence-electron chi connectivity index (χ2n) is 3.71. The van der Waals surface area contributed by atoms with Crippen molar-refractivity contribution in [2.75, 3.05) is 36.6 Å². The fourth-order valence-electron chi connectivity index (χ4n) is 1.58. The molecular weight excluding hydrogens is 292 g/mol. The van der Waals surface area contributed by atoms with Crippen LogP contribution in [0.25, 0.3) is 11.0 Å². The van der Waals surface area contributed by atoms with Gasteiger partial charge in [0.05, 0.1) is 6.54 Å². The molecule has 10 heteroatoms. The van der Waals surface area contributed by atoms with Crippen LogP contribution in [0.2, 0.25) is 5.28 Å². The summed E-state index contributed by atoms with van der Waals surface area (Å²) in [7, 11) is 3.28. The highest BCUT2D eigenvalue weighted by molar-refractivity contribution is 6.29. The van der Waals surface area contributed by atoms with Crippen molar-refractivity contribution in [3.8, 4) is 0 Å². The molecular formula is C10H12ClF2N7. The van der Waals surface area contributed by atoms with E-state index in [2.05, 4.69) is 35.9 Å². The van der Waals surface area contributed by atoms with Gasteiger partial charge < -0.3 is 16.0 Å². The number of fused-ring (bicyclic) bond motifs is 1. The minimum Gasteiger partial charge on any atom is -0.371 e. The minimum atomic E-state index is -2.50. The Balaban J connectivity index is 2.56. The maximum absolute atomic E-state index is 12.2. The van der Waals surface area contributed by atoms with Crippen molar-refractivity contribution in [2.45, 2.75) is 6.43 Å². The molecule has 108 valence electrons. The molecule has 2 heterocycles. The lowest BCUT2D eigenvalue weighted by molar-refractivity contribution is 0.163. The van der Waals surface area contributed by atoms with Crippen molar-refractivity contribution < 1.29 is 8.78 Å². The number of aromatic nitrogens is 4. The van der Waals surface area contributed by atoms with E-state index in [-0.39, 0.29) is 11.2 Å². The third-order valence-corrected chi connectivity index (χ3v) is 2.57. The van der Waals surface area contributed by atoms with Gasteiger partial charge in [0, 0.05) is 14.1 Å². The monoisotopic (exact) mass is 303 g/mol. The van der Waals surface area contributed by atoms with Crippen LogP contribution in [-0.2, 0) is 0 Å². The fraction of sp³-hybridized carbons (Fsp3) is 0.400. The van der Waals surface area contributed by atoms with Crippen LogP contribution in [0.15, 0.2) is 0 Å². The van der Waals surface area contributed by atoms with Crippen molar-refractivity contribution in [3.63, 3.8) is 0 Å². The first kappa shape index (κ1) is 14.4. The van der Waals surface area contributed by atoms with Crippen molar-refractivity contribution in [2.24, 2.45) is 0 Å². The van der Waals surface area contributed by atoms with Crippen molar-refractivity contribution in [1.29, 1.82) is 0 Å². The lowest BCUT2D eigenvalue weighted by Gasteiger charge is -2.11. The van der Waals surface area contributed by atoms with Crippen LogP contribution < -0.4 is 16.0 Å². The van der Waals surface area contributed by atoms with Gasteiger partial charge in [-0.2, -0.15) is 9.97 Å². The first-order valence-electron chi connectivity index (χ1n) is 5.68. The van der Waals surface area contributed by atoms with E-state index in [1.807, 2.05) is 0 Å². The Bertz CT molecular complexity index is 622. The molecule has 0 saturated heterocycles. The standard InChI is InChI=1S/C10H12ClF2N7/c1-14-7-6-5(17-9(11)19-7)8(15-2)20-10(18-6)16-3-4(12)13/h4H,3H2,1-2H3,(H,14,17,19)(H2,15,16,18,20). The molecule has 0 aromatic carbocycles.